The number of aromatic nitrogens is 1. The van der Waals surface area contributed by atoms with Crippen LogP contribution < -0.4 is 5.32 Å². The van der Waals surface area contributed by atoms with Gasteiger partial charge in [-0.1, -0.05) is 18.2 Å². The molecule has 0 saturated carbocycles. The maximum atomic E-state index is 13.5. The topological polar surface area (TPSA) is 24.9 Å². The van der Waals surface area contributed by atoms with Crippen LogP contribution in [0.2, 0.25) is 0 Å². The first-order chi connectivity index (χ1) is 8.58. The number of hydrogen-bond acceptors (Lipinski definition) is 3. The third-order valence-electron chi connectivity index (χ3n) is 2.91. The Labute approximate surface area is 111 Å². The van der Waals surface area contributed by atoms with Crippen molar-refractivity contribution in [3.8, 4) is 0 Å². The molecule has 0 fully saturated rings. The minimum atomic E-state index is -0.164. The summed E-state index contributed by atoms with van der Waals surface area (Å²) in [6.45, 7) is 6.65. The number of thiazole rings is 1. The molecular weight excluding hydrogens is 247 g/mol. The summed E-state index contributed by atoms with van der Waals surface area (Å²) < 4.78 is 13.5. The Hall–Kier alpha value is -1.26. The maximum absolute atomic E-state index is 13.5. The Kier molecular flexibility index (Phi) is 4.09. The van der Waals surface area contributed by atoms with Gasteiger partial charge in [-0.3, -0.25) is 0 Å². The third kappa shape index (κ3) is 2.94. The summed E-state index contributed by atoms with van der Waals surface area (Å²) in [4.78, 5) is 5.73. The van der Waals surface area contributed by atoms with Crippen molar-refractivity contribution in [2.75, 3.05) is 0 Å². The van der Waals surface area contributed by atoms with Crippen LogP contribution >= 0.6 is 11.3 Å². The van der Waals surface area contributed by atoms with E-state index in [1.807, 2.05) is 13.0 Å². The second-order valence-electron chi connectivity index (χ2n) is 4.37. The van der Waals surface area contributed by atoms with Crippen LogP contribution in [0.4, 0.5) is 4.39 Å². The molecule has 2 nitrogen and oxygen atoms in total. The summed E-state index contributed by atoms with van der Waals surface area (Å²) in [5.41, 5.74) is 1.75. The number of hydrogen-bond donors (Lipinski definition) is 1. The predicted molar refractivity (Wildman–Crippen MR) is 73.2 cm³/mol. The summed E-state index contributed by atoms with van der Waals surface area (Å²) in [5, 5.41) is 4.39. The Balaban J connectivity index is 2.03. The average Bonchev–Trinajstić information content (AvgIpc) is 2.67. The molecule has 1 aromatic carbocycles. The summed E-state index contributed by atoms with van der Waals surface area (Å²) >= 11 is 1.70. The zero-order valence-corrected chi connectivity index (χ0v) is 11.6. The molecule has 4 heteroatoms. The van der Waals surface area contributed by atoms with Gasteiger partial charge in [-0.15, -0.1) is 11.3 Å². The summed E-state index contributed by atoms with van der Waals surface area (Å²) in [6.07, 6.45) is 0. The predicted octanol–water partition coefficient (Wildman–Crippen LogP) is 3.75. The molecule has 0 bridgehead atoms. The molecule has 0 aliphatic heterocycles. The van der Waals surface area contributed by atoms with Gasteiger partial charge in [-0.05, 0) is 26.8 Å². The largest absolute Gasteiger partial charge is 0.305 e. The fourth-order valence-electron chi connectivity index (χ4n) is 1.95. The second-order valence-corrected chi connectivity index (χ2v) is 5.78. The molecule has 96 valence electrons. The quantitative estimate of drug-likeness (QED) is 0.909. The van der Waals surface area contributed by atoms with E-state index in [-0.39, 0.29) is 11.9 Å². The summed E-state index contributed by atoms with van der Waals surface area (Å²) in [6, 6.07) is 6.97. The molecule has 18 heavy (non-hydrogen) atoms. The number of rotatable bonds is 4. The van der Waals surface area contributed by atoms with Gasteiger partial charge in [-0.25, -0.2) is 9.37 Å². The van der Waals surface area contributed by atoms with Crippen molar-refractivity contribution in [2.45, 2.75) is 33.4 Å². The lowest BCUT2D eigenvalue weighted by Gasteiger charge is -2.13. The second kappa shape index (κ2) is 5.59. The zero-order chi connectivity index (χ0) is 13.1. The van der Waals surface area contributed by atoms with E-state index < -0.39 is 0 Å². The van der Waals surface area contributed by atoms with Crippen molar-refractivity contribution in [1.82, 2.24) is 10.3 Å². The van der Waals surface area contributed by atoms with Crippen molar-refractivity contribution in [2.24, 2.45) is 0 Å². The van der Waals surface area contributed by atoms with Gasteiger partial charge in [0.1, 0.15) is 5.82 Å². The van der Waals surface area contributed by atoms with Gasteiger partial charge < -0.3 is 5.32 Å². The molecular formula is C14H17FN2S. The molecule has 0 amide bonds. The maximum Gasteiger partial charge on any atom is 0.127 e. The fraction of sp³-hybridized carbons (Fsp3) is 0.357. The molecule has 0 radical (unpaired) electrons. The number of aryl methyl sites for hydroxylation is 2. The van der Waals surface area contributed by atoms with E-state index in [1.54, 1.807) is 23.5 Å². The van der Waals surface area contributed by atoms with Crippen LogP contribution in [0.1, 0.15) is 34.1 Å². The zero-order valence-electron chi connectivity index (χ0n) is 10.8. The van der Waals surface area contributed by atoms with Gasteiger partial charge in [0.05, 0.1) is 10.7 Å². The van der Waals surface area contributed by atoms with Crippen LogP contribution in [0.3, 0.4) is 0 Å². The van der Waals surface area contributed by atoms with Gasteiger partial charge in [-0.2, -0.15) is 0 Å². The number of nitrogens with one attached hydrogen (secondary N) is 1. The smallest absolute Gasteiger partial charge is 0.127 e. The monoisotopic (exact) mass is 264 g/mol. The van der Waals surface area contributed by atoms with Gasteiger partial charge in [0.2, 0.25) is 0 Å². The van der Waals surface area contributed by atoms with Crippen molar-refractivity contribution in [1.29, 1.82) is 0 Å². The van der Waals surface area contributed by atoms with Gasteiger partial charge >= 0.3 is 0 Å². The molecule has 0 saturated heterocycles. The van der Waals surface area contributed by atoms with Crippen molar-refractivity contribution < 1.29 is 4.39 Å². The minimum absolute atomic E-state index is 0.134. The minimum Gasteiger partial charge on any atom is -0.305 e. The molecule has 0 aliphatic rings. The van der Waals surface area contributed by atoms with Crippen molar-refractivity contribution in [3.63, 3.8) is 0 Å². The van der Waals surface area contributed by atoms with Crippen LogP contribution in [-0.2, 0) is 6.54 Å². The van der Waals surface area contributed by atoms with E-state index >= 15 is 0 Å². The van der Waals surface area contributed by atoms with E-state index in [9.17, 15) is 4.39 Å². The van der Waals surface area contributed by atoms with Gasteiger partial charge in [0, 0.05) is 23.0 Å². The van der Waals surface area contributed by atoms with Crippen LogP contribution in [0.25, 0.3) is 0 Å². The SMILES string of the molecule is Cc1nc(C(C)NCc2ccccc2F)c(C)s1. The highest BCUT2D eigenvalue weighted by Crippen LogP contribution is 2.22. The highest BCUT2D eigenvalue weighted by atomic mass is 32.1. The Morgan fingerprint density at radius 1 is 1.33 bits per heavy atom. The van der Waals surface area contributed by atoms with E-state index in [0.717, 1.165) is 10.7 Å². The molecule has 1 atom stereocenters. The molecule has 2 aromatic rings. The first-order valence-electron chi connectivity index (χ1n) is 5.98. The Morgan fingerprint density at radius 2 is 2.06 bits per heavy atom. The molecule has 1 unspecified atom stereocenters. The summed E-state index contributed by atoms with van der Waals surface area (Å²) in [5.74, 6) is -0.164. The Morgan fingerprint density at radius 3 is 2.67 bits per heavy atom. The normalized spacial score (nSPS) is 12.7. The van der Waals surface area contributed by atoms with Gasteiger partial charge in [0.15, 0.2) is 0 Å². The number of halogens is 1. The van der Waals surface area contributed by atoms with Crippen LogP contribution in [0.15, 0.2) is 24.3 Å². The molecule has 1 N–H and O–H groups in total. The highest BCUT2D eigenvalue weighted by Gasteiger charge is 2.13. The molecule has 0 spiro atoms. The number of nitrogens with zero attached hydrogens (tertiary/aromatic N) is 1. The van der Waals surface area contributed by atoms with E-state index in [2.05, 4.69) is 24.1 Å². The van der Waals surface area contributed by atoms with E-state index in [0.29, 0.717) is 12.1 Å². The van der Waals surface area contributed by atoms with Crippen molar-refractivity contribution in [3.05, 3.63) is 51.2 Å². The standard InChI is InChI=1S/C14H17FN2S/c1-9(14-10(2)18-11(3)17-14)16-8-12-6-4-5-7-13(12)15/h4-7,9,16H,8H2,1-3H3. The molecule has 2 rings (SSSR count). The van der Waals surface area contributed by atoms with Crippen LogP contribution in [0.5, 0.6) is 0 Å². The van der Waals surface area contributed by atoms with E-state index in [1.165, 1.54) is 10.9 Å². The average molecular weight is 264 g/mol. The lowest BCUT2D eigenvalue weighted by Crippen LogP contribution is -2.19. The van der Waals surface area contributed by atoms with Crippen molar-refractivity contribution >= 4 is 11.3 Å². The van der Waals surface area contributed by atoms with Crippen LogP contribution in [0, 0.1) is 19.7 Å². The van der Waals surface area contributed by atoms with Gasteiger partial charge in [0.25, 0.3) is 0 Å². The van der Waals surface area contributed by atoms with Crippen LogP contribution in [-0.4, -0.2) is 4.98 Å². The molecule has 1 heterocycles. The third-order valence-corrected chi connectivity index (χ3v) is 3.81. The first kappa shape index (κ1) is 13.2. The number of benzene rings is 1. The first-order valence-corrected chi connectivity index (χ1v) is 6.80. The fourth-order valence-corrected chi connectivity index (χ4v) is 2.86. The molecule has 0 aliphatic carbocycles. The lowest BCUT2D eigenvalue weighted by atomic mass is 10.1. The molecule has 1 aromatic heterocycles. The summed E-state index contributed by atoms with van der Waals surface area (Å²) in [7, 11) is 0. The van der Waals surface area contributed by atoms with E-state index in [4.69, 9.17) is 0 Å². The highest BCUT2D eigenvalue weighted by molar-refractivity contribution is 7.11. The Bertz CT molecular complexity index is 536. The lowest BCUT2D eigenvalue weighted by molar-refractivity contribution is 0.536.